The monoisotopic (exact) mass is 303 g/mol. The molecular formula is C14H13F4NO2. The van der Waals surface area contributed by atoms with Crippen LogP contribution in [0.5, 0.6) is 0 Å². The summed E-state index contributed by atoms with van der Waals surface area (Å²) >= 11 is 0. The van der Waals surface area contributed by atoms with Crippen molar-refractivity contribution in [1.82, 2.24) is 4.98 Å². The maximum absolute atomic E-state index is 12.6. The predicted molar refractivity (Wildman–Crippen MR) is 68.5 cm³/mol. The molecule has 0 radical (unpaired) electrons. The number of hydrogen-bond donors (Lipinski definition) is 1. The van der Waals surface area contributed by atoms with E-state index >= 15 is 0 Å². The summed E-state index contributed by atoms with van der Waals surface area (Å²) in [6.07, 6.45) is -3.40. The average molecular weight is 303 g/mol. The van der Waals surface area contributed by atoms with Gasteiger partial charge < -0.3 is 9.84 Å². The first-order valence-corrected chi connectivity index (χ1v) is 6.16. The summed E-state index contributed by atoms with van der Waals surface area (Å²) < 4.78 is 53.6. The van der Waals surface area contributed by atoms with Gasteiger partial charge in [0.1, 0.15) is 12.7 Å². The quantitative estimate of drug-likeness (QED) is 0.833. The molecule has 7 heteroatoms. The van der Waals surface area contributed by atoms with Gasteiger partial charge in [0.2, 0.25) is 0 Å². The number of aliphatic hydroxyl groups is 1. The minimum Gasteiger partial charge on any atom is -0.386 e. The number of alkyl halides is 4. The van der Waals surface area contributed by atoms with Crippen LogP contribution < -0.4 is 0 Å². The number of pyridine rings is 1. The van der Waals surface area contributed by atoms with Crippen LogP contribution in [0.25, 0.3) is 10.9 Å². The van der Waals surface area contributed by atoms with Crippen LogP contribution in [0.2, 0.25) is 0 Å². The molecule has 1 atom stereocenters. The maximum atomic E-state index is 12.6. The van der Waals surface area contributed by atoms with Crippen LogP contribution in [0, 0.1) is 0 Å². The highest BCUT2D eigenvalue weighted by Gasteiger charge is 2.41. The Labute approximate surface area is 118 Å². The predicted octanol–water partition coefficient (Wildman–Crippen LogP) is 3.19. The molecule has 2 aromatic rings. The first kappa shape index (κ1) is 15.7. The zero-order valence-electron chi connectivity index (χ0n) is 10.8. The van der Waals surface area contributed by atoms with E-state index in [0.717, 1.165) is 5.39 Å². The molecule has 1 aromatic carbocycles. The minimum atomic E-state index is -4.22. The lowest BCUT2D eigenvalue weighted by Gasteiger charge is -2.17. The van der Waals surface area contributed by atoms with E-state index in [2.05, 4.69) is 9.72 Å². The van der Waals surface area contributed by atoms with Crippen molar-refractivity contribution in [3.05, 3.63) is 42.1 Å². The molecule has 0 spiro atoms. The lowest BCUT2D eigenvalue weighted by Crippen LogP contribution is -2.33. The normalized spacial score (nSPS) is 13.8. The highest BCUT2D eigenvalue weighted by Crippen LogP contribution is 2.24. The van der Waals surface area contributed by atoms with Gasteiger partial charge >= 0.3 is 12.3 Å². The number of nitrogens with zero attached hydrogens (tertiary/aromatic N) is 1. The van der Waals surface area contributed by atoms with E-state index in [4.69, 9.17) is 0 Å². The Morgan fingerprint density at radius 1 is 1.24 bits per heavy atom. The summed E-state index contributed by atoms with van der Waals surface area (Å²) in [6, 6.07) is 8.50. The Morgan fingerprint density at radius 2 is 2.00 bits per heavy atom. The molecule has 0 aliphatic heterocycles. The summed E-state index contributed by atoms with van der Waals surface area (Å²) in [5.41, 5.74) is 1.05. The van der Waals surface area contributed by atoms with E-state index in [1.807, 2.05) is 6.07 Å². The van der Waals surface area contributed by atoms with Crippen LogP contribution in [0.4, 0.5) is 17.6 Å². The molecule has 0 saturated carbocycles. The third kappa shape index (κ3) is 3.89. The van der Waals surface area contributed by atoms with Crippen molar-refractivity contribution in [2.24, 2.45) is 0 Å². The molecule has 1 unspecified atom stereocenters. The Bertz CT molecular complexity index is 606. The van der Waals surface area contributed by atoms with Gasteiger partial charge in [0.05, 0.1) is 12.1 Å². The van der Waals surface area contributed by atoms with Crippen molar-refractivity contribution < 1.29 is 27.4 Å². The molecule has 114 valence electrons. The van der Waals surface area contributed by atoms with Crippen molar-refractivity contribution in [2.75, 3.05) is 13.2 Å². The second-order valence-electron chi connectivity index (χ2n) is 4.55. The Morgan fingerprint density at radius 3 is 2.71 bits per heavy atom. The van der Waals surface area contributed by atoms with Crippen LogP contribution in [-0.4, -0.2) is 35.7 Å². The largest absolute Gasteiger partial charge is 0.386 e. The molecule has 1 aromatic heterocycles. The Kier molecular flexibility index (Phi) is 4.74. The number of halogens is 4. The number of aliphatic hydroxyl groups excluding tert-OH is 1. The zero-order chi connectivity index (χ0) is 15.5. The number of benzene rings is 1. The molecule has 0 fully saturated rings. The van der Waals surface area contributed by atoms with Crippen molar-refractivity contribution in [1.29, 1.82) is 0 Å². The van der Waals surface area contributed by atoms with Gasteiger partial charge in [0.15, 0.2) is 0 Å². The zero-order valence-corrected chi connectivity index (χ0v) is 10.8. The number of fused-ring (bicyclic) bond motifs is 1. The van der Waals surface area contributed by atoms with E-state index in [1.165, 1.54) is 0 Å². The fraction of sp³-hybridized carbons (Fsp3) is 0.357. The molecule has 0 aliphatic carbocycles. The molecule has 1 heterocycles. The summed E-state index contributed by atoms with van der Waals surface area (Å²) in [7, 11) is 0. The van der Waals surface area contributed by atoms with E-state index in [9.17, 15) is 22.7 Å². The van der Waals surface area contributed by atoms with E-state index in [-0.39, 0.29) is 0 Å². The van der Waals surface area contributed by atoms with Gasteiger partial charge in [0, 0.05) is 11.6 Å². The Hall–Kier alpha value is -1.73. The lowest BCUT2D eigenvalue weighted by atomic mass is 10.1. The average Bonchev–Trinajstić information content (AvgIpc) is 2.46. The lowest BCUT2D eigenvalue weighted by molar-refractivity contribution is -0.170. The maximum Gasteiger partial charge on any atom is 0.330 e. The van der Waals surface area contributed by atoms with E-state index < -0.39 is 31.7 Å². The SMILES string of the molecule is OC(COCC(F)(F)C(F)F)c1ccc2cccnc2c1. The summed E-state index contributed by atoms with van der Waals surface area (Å²) in [4.78, 5) is 4.10. The second-order valence-corrected chi connectivity index (χ2v) is 4.55. The van der Waals surface area contributed by atoms with Crippen LogP contribution >= 0.6 is 0 Å². The molecule has 1 N–H and O–H groups in total. The van der Waals surface area contributed by atoms with Gasteiger partial charge in [-0.05, 0) is 17.7 Å². The van der Waals surface area contributed by atoms with Gasteiger partial charge in [-0.3, -0.25) is 4.98 Å². The molecular weight excluding hydrogens is 290 g/mol. The molecule has 2 rings (SSSR count). The standard InChI is InChI=1S/C14H13F4NO2/c15-13(16)14(17,18)8-21-7-12(20)10-4-3-9-2-1-5-19-11(9)6-10/h1-6,12-13,20H,7-8H2. The summed E-state index contributed by atoms with van der Waals surface area (Å²) in [5.74, 6) is -4.22. The summed E-state index contributed by atoms with van der Waals surface area (Å²) in [5, 5.41) is 10.7. The van der Waals surface area contributed by atoms with Gasteiger partial charge in [-0.25, -0.2) is 8.78 Å². The van der Waals surface area contributed by atoms with Crippen LogP contribution in [0.3, 0.4) is 0 Å². The van der Waals surface area contributed by atoms with Gasteiger partial charge in [0.25, 0.3) is 0 Å². The minimum absolute atomic E-state index is 0.418. The number of rotatable bonds is 6. The fourth-order valence-corrected chi connectivity index (χ4v) is 1.76. The van der Waals surface area contributed by atoms with E-state index in [0.29, 0.717) is 11.1 Å². The van der Waals surface area contributed by atoms with Crippen molar-refractivity contribution in [3.63, 3.8) is 0 Å². The second kappa shape index (κ2) is 6.36. The van der Waals surface area contributed by atoms with Crippen molar-refractivity contribution in [3.8, 4) is 0 Å². The van der Waals surface area contributed by atoms with Crippen LogP contribution in [-0.2, 0) is 4.74 Å². The number of ether oxygens (including phenoxy) is 1. The molecule has 0 aliphatic rings. The Balaban J connectivity index is 1.97. The van der Waals surface area contributed by atoms with Gasteiger partial charge in [-0.1, -0.05) is 18.2 Å². The first-order valence-electron chi connectivity index (χ1n) is 6.16. The topological polar surface area (TPSA) is 42.4 Å². The third-order valence-corrected chi connectivity index (χ3v) is 2.90. The van der Waals surface area contributed by atoms with Crippen LogP contribution in [0.1, 0.15) is 11.7 Å². The van der Waals surface area contributed by atoms with Crippen molar-refractivity contribution in [2.45, 2.75) is 18.5 Å². The van der Waals surface area contributed by atoms with E-state index in [1.54, 1.807) is 30.5 Å². The van der Waals surface area contributed by atoms with Crippen molar-refractivity contribution >= 4 is 10.9 Å². The molecule has 21 heavy (non-hydrogen) atoms. The molecule has 0 saturated heterocycles. The third-order valence-electron chi connectivity index (χ3n) is 2.90. The smallest absolute Gasteiger partial charge is 0.330 e. The molecule has 0 amide bonds. The first-order chi connectivity index (χ1) is 9.90. The number of hydrogen-bond acceptors (Lipinski definition) is 3. The van der Waals surface area contributed by atoms with Gasteiger partial charge in [-0.2, -0.15) is 8.78 Å². The number of aromatic nitrogens is 1. The molecule has 0 bridgehead atoms. The van der Waals surface area contributed by atoms with Gasteiger partial charge in [-0.15, -0.1) is 0 Å². The fourth-order valence-electron chi connectivity index (χ4n) is 1.76. The molecule has 3 nitrogen and oxygen atoms in total. The van der Waals surface area contributed by atoms with Crippen LogP contribution in [0.15, 0.2) is 36.5 Å². The highest BCUT2D eigenvalue weighted by atomic mass is 19.3. The summed E-state index contributed by atoms with van der Waals surface area (Å²) in [6.45, 7) is -1.94. The highest BCUT2D eigenvalue weighted by molar-refractivity contribution is 5.78.